The first-order chi connectivity index (χ1) is 15.6. The normalized spacial score (nSPS) is 14.8. The molecule has 0 aliphatic carbocycles. The molecule has 3 aromatic rings. The van der Waals surface area contributed by atoms with Gasteiger partial charge >= 0.3 is 0 Å². The van der Waals surface area contributed by atoms with Gasteiger partial charge in [-0.25, -0.2) is 4.98 Å². The second-order valence-corrected chi connectivity index (χ2v) is 8.08. The summed E-state index contributed by atoms with van der Waals surface area (Å²) in [5.41, 5.74) is 2.01. The standard InChI is InChI=1S/C24H21N3O4S/c1-3-11-31-18-10-9-16(12-19(18)30-2)17-13-20(28)25-22-21(17)23(29)27-24(26-22)32-14-15-7-5-4-6-8-15/h1,4-10,12,17H,11,13-14H2,2H3,(H2,25,26,27,28,29). The molecule has 7 nitrogen and oxygen atoms in total. The first-order valence-corrected chi connectivity index (χ1v) is 10.9. The maximum Gasteiger partial charge on any atom is 0.257 e. The summed E-state index contributed by atoms with van der Waals surface area (Å²) >= 11 is 1.40. The number of fused-ring (bicyclic) bond motifs is 1. The average Bonchev–Trinajstić information content (AvgIpc) is 2.81. The number of benzene rings is 2. The Morgan fingerprint density at radius 3 is 2.75 bits per heavy atom. The zero-order valence-corrected chi connectivity index (χ0v) is 18.2. The molecule has 1 aromatic heterocycles. The van der Waals surface area contributed by atoms with Gasteiger partial charge in [0.25, 0.3) is 5.56 Å². The average molecular weight is 448 g/mol. The number of H-pyrrole nitrogens is 1. The van der Waals surface area contributed by atoms with E-state index in [2.05, 4.69) is 21.2 Å². The van der Waals surface area contributed by atoms with Crippen molar-refractivity contribution in [3.8, 4) is 23.8 Å². The van der Waals surface area contributed by atoms with Gasteiger partial charge in [0.15, 0.2) is 16.7 Å². The minimum absolute atomic E-state index is 0.109. The first kappa shape index (κ1) is 21.5. The molecule has 1 amide bonds. The van der Waals surface area contributed by atoms with Gasteiger partial charge in [-0.3, -0.25) is 9.59 Å². The highest BCUT2D eigenvalue weighted by Crippen LogP contribution is 2.38. The lowest BCUT2D eigenvalue weighted by Gasteiger charge is -2.25. The van der Waals surface area contributed by atoms with Crippen LogP contribution in [-0.2, 0) is 10.5 Å². The third-order valence-electron chi connectivity index (χ3n) is 5.05. The second-order valence-electron chi connectivity index (χ2n) is 7.12. The Balaban J connectivity index is 1.65. The molecule has 4 rings (SSSR count). The van der Waals surface area contributed by atoms with Gasteiger partial charge in [0, 0.05) is 18.1 Å². The molecule has 162 valence electrons. The molecule has 1 aliphatic rings. The summed E-state index contributed by atoms with van der Waals surface area (Å²) in [4.78, 5) is 32.8. The van der Waals surface area contributed by atoms with Crippen molar-refractivity contribution in [1.82, 2.24) is 9.97 Å². The number of nitrogens with one attached hydrogen (secondary N) is 2. The lowest BCUT2D eigenvalue weighted by atomic mass is 9.86. The van der Waals surface area contributed by atoms with Crippen LogP contribution < -0.4 is 20.3 Å². The molecule has 2 aromatic carbocycles. The summed E-state index contributed by atoms with van der Waals surface area (Å²) in [6, 6.07) is 15.2. The number of rotatable bonds is 7. The van der Waals surface area contributed by atoms with Crippen LogP contribution in [0.15, 0.2) is 58.5 Å². The number of terminal acetylenes is 1. The molecule has 32 heavy (non-hydrogen) atoms. The maximum absolute atomic E-state index is 13.0. The molecule has 1 atom stereocenters. The van der Waals surface area contributed by atoms with Crippen LogP contribution in [0.2, 0.25) is 0 Å². The second kappa shape index (κ2) is 9.62. The van der Waals surface area contributed by atoms with E-state index in [0.717, 1.165) is 11.1 Å². The zero-order valence-electron chi connectivity index (χ0n) is 17.4. The number of ether oxygens (including phenoxy) is 2. The molecule has 0 saturated heterocycles. The van der Waals surface area contributed by atoms with E-state index in [1.807, 2.05) is 30.3 Å². The maximum atomic E-state index is 13.0. The van der Waals surface area contributed by atoms with Gasteiger partial charge in [0.1, 0.15) is 12.4 Å². The van der Waals surface area contributed by atoms with Crippen molar-refractivity contribution in [3.63, 3.8) is 0 Å². The van der Waals surface area contributed by atoms with Crippen LogP contribution in [0.1, 0.15) is 29.0 Å². The fourth-order valence-corrected chi connectivity index (χ4v) is 4.39. The van der Waals surface area contributed by atoms with Crippen LogP contribution in [0.4, 0.5) is 5.82 Å². The summed E-state index contributed by atoms with van der Waals surface area (Å²) in [5.74, 6) is 3.66. The van der Waals surface area contributed by atoms with E-state index in [4.69, 9.17) is 15.9 Å². The third kappa shape index (κ3) is 4.63. The van der Waals surface area contributed by atoms with Crippen LogP contribution in [0.5, 0.6) is 11.5 Å². The molecule has 0 bridgehead atoms. The largest absolute Gasteiger partial charge is 0.493 e. The Bertz CT molecular complexity index is 1230. The molecule has 2 heterocycles. The number of anilines is 1. The molecule has 0 saturated carbocycles. The van der Waals surface area contributed by atoms with Gasteiger partial charge in [0.05, 0.1) is 12.7 Å². The van der Waals surface area contributed by atoms with Gasteiger partial charge in [-0.2, -0.15) is 0 Å². The number of nitrogens with zero attached hydrogens (tertiary/aromatic N) is 1. The van der Waals surface area contributed by atoms with E-state index in [1.165, 1.54) is 18.9 Å². The topological polar surface area (TPSA) is 93.3 Å². The molecular formula is C24H21N3O4S. The molecule has 1 aliphatic heterocycles. The fourth-order valence-electron chi connectivity index (χ4n) is 3.57. The van der Waals surface area contributed by atoms with Crippen molar-refractivity contribution in [1.29, 1.82) is 0 Å². The number of hydrogen-bond donors (Lipinski definition) is 2. The van der Waals surface area contributed by atoms with Crippen LogP contribution in [0.25, 0.3) is 0 Å². The Kier molecular flexibility index (Phi) is 6.47. The summed E-state index contributed by atoms with van der Waals surface area (Å²) in [6.07, 6.45) is 5.39. The van der Waals surface area contributed by atoms with E-state index < -0.39 is 5.92 Å². The number of carbonyl (C=O) groups is 1. The number of aromatic nitrogens is 2. The van der Waals surface area contributed by atoms with Crippen molar-refractivity contribution < 1.29 is 14.3 Å². The van der Waals surface area contributed by atoms with Crippen LogP contribution in [0, 0.1) is 12.3 Å². The van der Waals surface area contributed by atoms with E-state index >= 15 is 0 Å². The van der Waals surface area contributed by atoms with Crippen LogP contribution >= 0.6 is 11.8 Å². The van der Waals surface area contributed by atoms with Gasteiger partial charge in [0.2, 0.25) is 5.91 Å². The highest BCUT2D eigenvalue weighted by Gasteiger charge is 2.31. The Hall–Kier alpha value is -3.70. The van der Waals surface area contributed by atoms with Gasteiger partial charge < -0.3 is 19.8 Å². The lowest BCUT2D eigenvalue weighted by Crippen LogP contribution is -2.31. The number of hydrogen-bond acceptors (Lipinski definition) is 6. The van der Waals surface area contributed by atoms with Crippen LogP contribution in [0.3, 0.4) is 0 Å². The zero-order chi connectivity index (χ0) is 22.5. The summed E-state index contributed by atoms with van der Waals surface area (Å²) < 4.78 is 10.9. The van der Waals surface area contributed by atoms with E-state index in [1.54, 1.807) is 18.2 Å². The smallest absolute Gasteiger partial charge is 0.257 e. The number of amides is 1. The van der Waals surface area contributed by atoms with Crippen molar-refractivity contribution in [3.05, 3.63) is 75.6 Å². The number of thioether (sulfide) groups is 1. The van der Waals surface area contributed by atoms with Gasteiger partial charge in [-0.15, -0.1) is 6.42 Å². The van der Waals surface area contributed by atoms with E-state index in [9.17, 15) is 9.59 Å². The number of methoxy groups -OCH3 is 1. The van der Waals surface area contributed by atoms with Gasteiger partial charge in [-0.1, -0.05) is 54.1 Å². The van der Waals surface area contributed by atoms with Crippen molar-refractivity contribution in [2.45, 2.75) is 23.2 Å². The van der Waals surface area contributed by atoms with Crippen molar-refractivity contribution >= 4 is 23.5 Å². The molecule has 0 radical (unpaired) electrons. The van der Waals surface area contributed by atoms with Gasteiger partial charge in [-0.05, 0) is 23.3 Å². The predicted octanol–water partition coefficient (Wildman–Crippen LogP) is 3.56. The SMILES string of the molecule is C#CCOc1ccc(C2CC(=O)Nc3nc(SCc4ccccc4)[nH]c(=O)c32)cc1OC. The molecular weight excluding hydrogens is 426 g/mol. The molecule has 1 unspecified atom stereocenters. The summed E-state index contributed by atoms with van der Waals surface area (Å²) in [7, 11) is 1.52. The first-order valence-electron chi connectivity index (χ1n) is 9.94. The Labute approximate surface area is 189 Å². The van der Waals surface area contributed by atoms with E-state index in [0.29, 0.717) is 28.0 Å². The quantitative estimate of drug-likeness (QED) is 0.327. The lowest BCUT2D eigenvalue weighted by molar-refractivity contribution is -0.116. The fraction of sp³-hybridized carbons (Fsp3) is 0.208. The van der Waals surface area contributed by atoms with Crippen molar-refractivity contribution in [2.24, 2.45) is 0 Å². The predicted molar refractivity (Wildman–Crippen MR) is 123 cm³/mol. The monoisotopic (exact) mass is 447 g/mol. The van der Waals surface area contributed by atoms with Crippen molar-refractivity contribution in [2.75, 3.05) is 19.0 Å². The number of carbonyl (C=O) groups excluding carboxylic acids is 1. The van der Waals surface area contributed by atoms with E-state index in [-0.39, 0.29) is 30.3 Å². The third-order valence-corrected chi connectivity index (χ3v) is 5.99. The highest BCUT2D eigenvalue weighted by molar-refractivity contribution is 7.98. The molecule has 8 heteroatoms. The minimum atomic E-state index is -0.459. The Morgan fingerprint density at radius 2 is 2.00 bits per heavy atom. The molecule has 0 fully saturated rings. The summed E-state index contributed by atoms with van der Waals surface area (Å²) in [6.45, 7) is 0.109. The summed E-state index contributed by atoms with van der Waals surface area (Å²) in [5, 5.41) is 3.20. The number of aromatic amines is 1. The Morgan fingerprint density at radius 1 is 1.19 bits per heavy atom. The minimum Gasteiger partial charge on any atom is -0.493 e. The van der Waals surface area contributed by atoms with Crippen LogP contribution in [-0.4, -0.2) is 29.6 Å². The molecule has 0 spiro atoms. The molecule has 2 N–H and O–H groups in total. The highest BCUT2D eigenvalue weighted by atomic mass is 32.2.